The monoisotopic (exact) mass is 533 g/mol. The zero-order valence-corrected chi connectivity index (χ0v) is 23.0. The highest BCUT2D eigenvalue weighted by Gasteiger charge is 2.70. The van der Waals surface area contributed by atoms with Crippen LogP contribution in [0.25, 0.3) is 11.1 Å². The lowest BCUT2D eigenvalue weighted by Gasteiger charge is -2.61. The molecule has 2 heterocycles. The highest BCUT2D eigenvalue weighted by Crippen LogP contribution is 2.62. The fraction of sp³-hybridized carbons (Fsp3) is 0.548. The minimum atomic E-state index is -0.968. The average molecular weight is 534 g/mol. The standard InChI is InChI=1S/C31H39N3O5/c1-17-24-13-21(30(24,3)4)14-25(17)32-29-31(33-29)27(18(2)36)26(16-35)39-34(31)15-19-8-7-9-20(12-19)22-10-5-6-11-23(22)28(37)38/h5-12,17-18,21,24-27,35-36H,13-16H2,1-4H3,(H,32,33)(H,37,38)/t17-,18-,21+,24-,25-,26-,27?,31-/m0/s1. The molecule has 4 N–H and O–H groups in total. The molecule has 2 saturated heterocycles. The Morgan fingerprint density at radius 2 is 1.97 bits per heavy atom. The predicted octanol–water partition coefficient (Wildman–Crippen LogP) is 3.93. The summed E-state index contributed by atoms with van der Waals surface area (Å²) in [5, 5.41) is 36.0. The van der Waals surface area contributed by atoms with Crippen LogP contribution in [0.1, 0.15) is 56.5 Å². The zero-order valence-electron chi connectivity index (χ0n) is 23.0. The van der Waals surface area contributed by atoms with E-state index in [1.165, 1.54) is 6.42 Å². The Labute approximate surface area is 229 Å². The Morgan fingerprint density at radius 1 is 1.21 bits per heavy atom. The number of nitrogens with zero attached hydrogens (tertiary/aromatic N) is 2. The van der Waals surface area contributed by atoms with Crippen molar-refractivity contribution in [3.8, 4) is 11.1 Å². The minimum absolute atomic E-state index is 0.215. The maximum atomic E-state index is 11.8. The summed E-state index contributed by atoms with van der Waals surface area (Å²) < 4.78 is 0. The first-order chi connectivity index (χ1) is 18.6. The molecule has 3 saturated carbocycles. The van der Waals surface area contributed by atoms with Crippen molar-refractivity contribution in [1.29, 1.82) is 0 Å². The van der Waals surface area contributed by atoms with Gasteiger partial charge in [0.1, 0.15) is 11.9 Å². The summed E-state index contributed by atoms with van der Waals surface area (Å²) in [5.41, 5.74) is 2.23. The number of carboxylic acids is 1. The number of carboxylic acid groups (broad SMARTS) is 1. The van der Waals surface area contributed by atoms with E-state index in [1.807, 2.05) is 41.5 Å². The van der Waals surface area contributed by atoms with Gasteiger partial charge in [-0.15, -0.1) is 0 Å². The third-order valence-corrected chi connectivity index (χ3v) is 10.2. The second-order valence-electron chi connectivity index (χ2n) is 12.6. The fourth-order valence-corrected chi connectivity index (χ4v) is 7.80. The van der Waals surface area contributed by atoms with E-state index in [-0.39, 0.29) is 24.1 Å². The van der Waals surface area contributed by atoms with Crippen molar-refractivity contribution in [2.75, 3.05) is 6.61 Å². The van der Waals surface area contributed by atoms with E-state index in [0.29, 0.717) is 35.3 Å². The number of aliphatic imine (C=N–C) groups is 1. The molecule has 8 nitrogen and oxygen atoms in total. The number of rotatable bonds is 7. The number of amidine groups is 1. The predicted molar refractivity (Wildman–Crippen MR) is 148 cm³/mol. The van der Waals surface area contributed by atoms with Crippen LogP contribution in [0.5, 0.6) is 0 Å². The van der Waals surface area contributed by atoms with Gasteiger partial charge >= 0.3 is 5.97 Å². The fourth-order valence-electron chi connectivity index (χ4n) is 7.80. The van der Waals surface area contributed by atoms with E-state index in [4.69, 9.17) is 9.83 Å². The Morgan fingerprint density at radius 3 is 2.64 bits per heavy atom. The summed E-state index contributed by atoms with van der Waals surface area (Å²) in [6.07, 6.45) is 1.06. The summed E-state index contributed by atoms with van der Waals surface area (Å²) in [5.74, 6) is 1.31. The number of fused-ring (bicyclic) bond motifs is 2. The lowest BCUT2D eigenvalue weighted by Crippen LogP contribution is -2.56. The van der Waals surface area contributed by atoms with Gasteiger partial charge in [-0.2, -0.15) is 5.06 Å². The number of hydroxylamine groups is 2. The van der Waals surface area contributed by atoms with E-state index in [9.17, 15) is 20.1 Å². The molecule has 5 fully saturated rings. The Hall–Kier alpha value is -2.78. The molecule has 8 heteroatoms. The van der Waals surface area contributed by atoms with Crippen LogP contribution < -0.4 is 5.32 Å². The molecule has 7 rings (SSSR count). The van der Waals surface area contributed by atoms with Crippen LogP contribution in [-0.4, -0.2) is 62.7 Å². The van der Waals surface area contributed by atoms with Crippen molar-refractivity contribution < 1.29 is 25.0 Å². The number of nitrogens with one attached hydrogen (secondary N) is 1. The number of aliphatic hydroxyl groups excluding tert-OH is 2. The maximum absolute atomic E-state index is 11.8. The van der Waals surface area contributed by atoms with Crippen LogP contribution >= 0.6 is 0 Å². The highest BCUT2D eigenvalue weighted by molar-refractivity contribution is 6.07. The van der Waals surface area contributed by atoms with Crippen LogP contribution in [0.2, 0.25) is 0 Å². The van der Waals surface area contributed by atoms with Crippen molar-refractivity contribution in [2.24, 2.45) is 34.1 Å². The zero-order chi connectivity index (χ0) is 27.7. The SMILES string of the molecule is C[C@@H]1[C@@H](N=C2N[C@]23C([C@H](C)O)[C@H](CO)ON3Cc2cccc(-c3ccccc3C(=O)O)c2)C[C@H]2C[C@@H]1C2(C)C. The van der Waals surface area contributed by atoms with Crippen molar-refractivity contribution in [1.82, 2.24) is 10.4 Å². The molecule has 1 spiro atoms. The lowest BCUT2D eigenvalue weighted by molar-refractivity contribution is -0.181. The van der Waals surface area contributed by atoms with Gasteiger partial charge in [0.15, 0.2) is 5.66 Å². The van der Waals surface area contributed by atoms with Gasteiger partial charge in [-0.3, -0.25) is 9.83 Å². The molecule has 0 radical (unpaired) electrons. The number of aromatic carboxylic acids is 1. The Kier molecular flexibility index (Phi) is 6.38. The number of hydrogen-bond donors (Lipinski definition) is 4. The summed E-state index contributed by atoms with van der Waals surface area (Å²) in [7, 11) is 0. The Balaban J connectivity index is 1.30. The normalized spacial score (nSPS) is 36.4. The topological polar surface area (TPSA) is 125 Å². The third kappa shape index (κ3) is 4.11. The average Bonchev–Trinajstić information content (AvgIpc) is 3.52. The van der Waals surface area contributed by atoms with Crippen molar-refractivity contribution in [2.45, 2.75) is 71.0 Å². The van der Waals surface area contributed by atoms with Gasteiger partial charge in [-0.1, -0.05) is 57.2 Å². The summed E-state index contributed by atoms with van der Waals surface area (Å²) in [6, 6.07) is 15.0. The van der Waals surface area contributed by atoms with Crippen LogP contribution in [0.15, 0.2) is 53.5 Å². The van der Waals surface area contributed by atoms with E-state index >= 15 is 0 Å². The smallest absolute Gasteiger partial charge is 0.336 e. The highest BCUT2D eigenvalue weighted by atomic mass is 16.7. The molecule has 8 atom stereocenters. The van der Waals surface area contributed by atoms with Crippen molar-refractivity contribution in [3.05, 3.63) is 59.7 Å². The quantitative estimate of drug-likeness (QED) is 0.398. The molecule has 5 aliphatic rings. The maximum Gasteiger partial charge on any atom is 0.336 e. The number of hydrogen-bond acceptors (Lipinski definition) is 6. The molecule has 2 aromatic rings. The van der Waals surface area contributed by atoms with Gasteiger partial charge in [-0.25, -0.2) is 4.79 Å². The number of carbonyl (C=O) groups is 1. The van der Waals surface area contributed by atoms with Crippen LogP contribution in [-0.2, 0) is 11.4 Å². The van der Waals surface area contributed by atoms with E-state index in [0.717, 1.165) is 23.4 Å². The molecular formula is C31H39N3O5. The molecule has 39 heavy (non-hydrogen) atoms. The molecule has 3 aliphatic carbocycles. The molecular weight excluding hydrogens is 494 g/mol. The first kappa shape index (κ1) is 26.4. The lowest BCUT2D eigenvalue weighted by atomic mass is 9.45. The molecule has 1 unspecified atom stereocenters. The van der Waals surface area contributed by atoms with Gasteiger partial charge in [0, 0.05) is 0 Å². The largest absolute Gasteiger partial charge is 0.478 e. The third-order valence-electron chi connectivity index (χ3n) is 10.2. The van der Waals surface area contributed by atoms with Crippen molar-refractivity contribution >= 4 is 11.8 Å². The van der Waals surface area contributed by atoms with Gasteiger partial charge in [0.05, 0.1) is 36.8 Å². The first-order valence-corrected chi connectivity index (χ1v) is 14.1. The summed E-state index contributed by atoms with van der Waals surface area (Å²) in [6.45, 7) is 8.99. The van der Waals surface area contributed by atoms with Gasteiger partial charge in [0.2, 0.25) is 0 Å². The first-order valence-electron chi connectivity index (χ1n) is 14.1. The van der Waals surface area contributed by atoms with Gasteiger partial charge < -0.3 is 20.6 Å². The van der Waals surface area contributed by atoms with E-state index in [1.54, 1.807) is 19.1 Å². The molecule has 208 valence electrons. The van der Waals surface area contributed by atoms with Crippen LogP contribution in [0.3, 0.4) is 0 Å². The summed E-state index contributed by atoms with van der Waals surface area (Å²) in [4.78, 5) is 23.3. The second-order valence-corrected chi connectivity index (χ2v) is 12.6. The molecule has 2 bridgehead atoms. The molecule has 0 aromatic heterocycles. The minimum Gasteiger partial charge on any atom is -0.478 e. The second kappa shape index (κ2) is 9.41. The number of aliphatic hydroxyl groups is 2. The van der Waals surface area contributed by atoms with Gasteiger partial charge in [0.25, 0.3) is 0 Å². The summed E-state index contributed by atoms with van der Waals surface area (Å²) >= 11 is 0. The molecule has 0 amide bonds. The molecule has 2 aromatic carbocycles. The van der Waals surface area contributed by atoms with Gasteiger partial charge in [-0.05, 0) is 71.8 Å². The van der Waals surface area contributed by atoms with E-state index in [2.05, 4.69) is 26.1 Å². The number of benzene rings is 2. The molecule has 2 aliphatic heterocycles. The Bertz CT molecular complexity index is 1310. The van der Waals surface area contributed by atoms with Crippen LogP contribution in [0.4, 0.5) is 0 Å². The van der Waals surface area contributed by atoms with E-state index < -0.39 is 23.8 Å². The van der Waals surface area contributed by atoms with Crippen molar-refractivity contribution in [3.63, 3.8) is 0 Å². The van der Waals surface area contributed by atoms with Crippen LogP contribution in [0, 0.1) is 29.1 Å².